The first-order valence-corrected chi connectivity index (χ1v) is 14.5. The Morgan fingerprint density at radius 1 is 0.886 bits per heavy atom. The number of ketones is 2. The van der Waals surface area contributed by atoms with E-state index in [9.17, 15) is 36.3 Å². The number of Topliss-reactive ketones (excluding diaryl/α,β-unsaturated/α-hetero) is 2. The third-order valence-corrected chi connectivity index (χ3v) is 9.30. The predicted octanol–water partition coefficient (Wildman–Crippen LogP) is 9.54. The maximum atomic E-state index is 15.0. The highest BCUT2D eigenvalue weighted by Crippen LogP contribution is 2.65. The summed E-state index contributed by atoms with van der Waals surface area (Å²) >= 11 is 37.0. The number of nitrogens with one attached hydrogen (secondary N) is 1. The van der Waals surface area contributed by atoms with Gasteiger partial charge in [-0.25, -0.2) is 17.6 Å². The smallest absolute Gasteiger partial charge is 0.326 e. The molecule has 3 aromatic carbocycles. The molecule has 0 spiro atoms. The molecule has 1 fully saturated rings. The minimum Gasteiger partial charge on any atom is -0.326 e. The SMILES string of the molecule is O=C(Cc1ccc(F)c(CC(=O)C(F)(F)C(F)F)c1F)c1cc(NC(=O)[C@H]2[C@H](c3cc(Cl)c(Cl)c(Cl)c3)C2(Cl)Cl)ccc1Cl. The van der Waals surface area contributed by atoms with Crippen molar-refractivity contribution in [1.29, 1.82) is 0 Å². The Morgan fingerprint density at radius 2 is 1.50 bits per heavy atom. The molecule has 2 atom stereocenters. The van der Waals surface area contributed by atoms with Crippen LogP contribution in [-0.2, 0) is 22.4 Å². The van der Waals surface area contributed by atoms with Gasteiger partial charge in [0, 0.05) is 35.6 Å². The maximum Gasteiger partial charge on any atom is 0.364 e. The van der Waals surface area contributed by atoms with Gasteiger partial charge in [0.2, 0.25) is 11.7 Å². The van der Waals surface area contributed by atoms with Crippen LogP contribution in [0.3, 0.4) is 0 Å². The van der Waals surface area contributed by atoms with Gasteiger partial charge in [-0.15, -0.1) is 23.2 Å². The number of anilines is 1. The van der Waals surface area contributed by atoms with Gasteiger partial charge < -0.3 is 5.32 Å². The zero-order valence-corrected chi connectivity index (χ0v) is 26.0. The Morgan fingerprint density at radius 3 is 2.09 bits per heavy atom. The Labute approximate surface area is 275 Å². The minimum absolute atomic E-state index is 0.0600. The van der Waals surface area contributed by atoms with Crippen LogP contribution >= 0.6 is 69.6 Å². The van der Waals surface area contributed by atoms with Gasteiger partial charge in [-0.2, -0.15) is 8.78 Å². The van der Waals surface area contributed by atoms with E-state index in [1.54, 1.807) is 0 Å². The van der Waals surface area contributed by atoms with E-state index >= 15 is 4.39 Å². The molecule has 4 nitrogen and oxygen atoms in total. The zero-order chi connectivity index (χ0) is 32.9. The second-order valence-corrected chi connectivity index (χ2v) is 12.8. The van der Waals surface area contributed by atoms with Crippen molar-refractivity contribution in [1.82, 2.24) is 0 Å². The summed E-state index contributed by atoms with van der Waals surface area (Å²) in [6.07, 6.45) is -6.87. The number of alkyl halides is 6. The van der Waals surface area contributed by atoms with Gasteiger partial charge in [0.25, 0.3) is 0 Å². The lowest BCUT2D eigenvalue weighted by Crippen LogP contribution is -2.38. The predicted molar refractivity (Wildman–Crippen MR) is 156 cm³/mol. The molecule has 16 heteroatoms. The molecule has 1 N–H and O–H groups in total. The molecule has 0 saturated heterocycles. The first-order chi connectivity index (χ1) is 20.4. The fourth-order valence-electron chi connectivity index (χ4n) is 4.47. The lowest BCUT2D eigenvalue weighted by molar-refractivity contribution is -0.166. The van der Waals surface area contributed by atoms with Crippen molar-refractivity contribution in [3.8, 4) is 0 Å². The Kier molecular flexibility index (Phi) is 10.2. The monoisotopic (exact) mass is 737 g/mol. The molecule has 0 unspecified atom stereocenters. The van der Waals surface area contributed by atoms with Gasteiger partial charge in [-0.05, 0) is 47.5 Å². The lowest BCUT2D eigenvalue weighted by Gasteiger charge is -2.15. The summed E-state index contributed by atoms with van der Waals surface area (Å²) in [5.41, 5.74) is -1.45. The normalized spacial score (nSPS) is 17.5. The molecule has 0 aromatic heterocycles. The number of benzene rings is 3. The van der Waals surface area contributed by atoms with E-state index in [0.717, 1.165) is 12.1 Å². The van der Waals surface area contributed by atoms with Gasteiger partial charge in [0.05, 0.1) is 26.0 Å². The molecule has 1 amide bonds. The van der Waals surface area contributed by atoms with Crippen LogP contribution < -0.4 is 5.32 Å². The van der Waals surface area contributed by atoms with Crippen LogP contribution in [0.5, 0.6) is 0 Å². The van der Waals surface area contributed by atoms with Crippen LogP contribution in [-0.4, -0.2) is 34.2 Å². The third kappa shape index (κ3) is 6.81. The second-order valence-electron chi connectivity index (χ2n) is 9.73. The Bertz CT molecular complexity index is 1660. The van der Waals surface area contributed by atoms with Gasteiger partial charge >= 0.3 is 12.3 Å². The summed E-state index contributed by atoms with van der Waals surface area (Å²) in [7, 11) is 0. The number of amides is 1. The van der Waals surface area contributed by atoms with Crippen molar-refractivity contribution in [2.24, 2.45) is 5.92 Å². The first kappa shape index (κ1) is 34.7. The van der Waals surface area contributed by atoms with Crippen molar-refractivity contribution in [3.63, 3.8) is 0 Å². The van der Waals surface area contributed by atoms with Gasteiger partial charge in [0.15, 0.2) is 5.78 Å². The summed E-state index contributed by atoms with van der Waals surface area (Å²) in [4.78, 5) is 37.8. The molecule has 1 aliphatic carbocycles. The van der Waals surface area contributed by atoms with Crippen LogP contribution in [0.4, 0.5) is 32.0 Å². The minimum atomic E-state index is -5.13. The topological polar surface area (TPSA) is 63.2 Å². The molecule has 1 aliphatic rings. The number of hydrogen-bond donors (Lipinski definition) is 1. The molecule has 1 saturated carbocycles. The average Bonchev–Trinajstić information content (AvgIpc) is 3.53. The molecule has 4 rings (SSSR count). The zero-order valence-electron chi connectivity index (χ0n) is 21.4. The van der Waals surface area contributed by atoms with Gasteiger partial charge in [0.1, 0.15) is 16.0 Å². The summed E-state index contributed by atoms with van der Waals surface area (Å²) in [6.45, 7) is 0. The number of rotatable bonds is 10. The van der Waals surface area contributed by atoms with Crippen molar-refractivity contribution < 1.29 is 40.7 Å². The molecule has 44 heavy (non-hydrogen) atoms. The van der Waals surface area contributed by atoms with E-state index < -0.39 is 81.6 Å². The van der Waals surface area contributed by atoms with Crippen molar-refractivity contribution >= 4 is 92.8 Å². The summed E-state index contributed by atoms with van der Waals surface area (Å²) < 4.78 is 79.4. The number of hydrogen-bond acceptors (Lipinski definition) is 3. The molecule has 0 heterocycles. The molecule has 0 bridgehead atoms. The summed E-state index contributed by atoms with van der Waals surface area (Å²) in [5, 5.41) is 2.77. The third-order valence-electron chi connectivity index (χ3n) is 6.84. The fourth-order valence-corrected chi connectivity index (χ4v) is 6.14. The van der Waals surface area contributed by atoms with E-state index in [1.165, 1.54) is 24.3 Å². The quantitative estimate of drug-likeness (QED) is 0.0976. The number of halogens is 12. The Hall–Kier alpha value is -2.21. The molecule has 234 valence electrons. The van der Waals surface area contributed by atoms with E-state index in [4.69, 9.17) is 69.6 Å². The number of carbonyl (C=O) groups is 3. The average molecular weight is 740 g/mol. The van der Waals surface area contributed by atoms with Crippen LogP contribution in [0.15, 0.2) is 42.5 Å². The van der Waals surface area contributed by atoms with Crippen molar-refractivity contribution in [3.05, 3.63) is 96.4 Å². The molecule has 3 aromatic rings. The van der Waals surface area contributed by atoms with Crippen LogP contribution in [0, 0.1) is 17.6 Å². The second kappa shape index (κ2) is 12.9. The highest BCUT2D eigenvalue weighted by molar-refractivity contribution is 6.54. The largest absolute Gasteiger partial charge is 0.364 e. The lowest BCUT2D eigenvalue weighted by atomic mass is 9.97. The van der Waals surface area contributed by atoms with Crippen LogP contribution in [0.1, 0.15) is 33.0 Å². The molecule has 0 radical (unpaired) electrons. The number of carbonyl (C=O) groups excluding carboxylic acids is 3. The Balaban J connectivity index is 1.52. The highest BCUT2D eigenvalue weighted by Gasteiger charge is 2.67. The molecule has 0 aliphatic heterocycles. The van der Waals surface area contributed by atoms with E-state index in [0.29, 0.717) is 11.6 Å². The van der Waals surface area contributed by atoms with Crippen LogP contribution in [0.2, 0.25) is 20.1 Å². The highest BCUT2D eigenvalue weighted by atomic mass is 35.5. The maximum absolute atomic E-state index is 15.0. The standard InChI is InChI=1S/C28H15Cl6F6NO3/c29-15-3-2-12(41-25(44)22-21(27(22,33)34)11-5-16(30)23(32)17(31)6-11)8-13(15)19(42)7-10-1-4-18(35)14(24(10)36)9-20(43)28(39,40)26(37)38/h1-6,8,21-22,26H,7,9H2,(H,41,44)/t21-,22+/m0/s1. The molecular formula is C28H15Cl6F6NO3. The first-order valence-electron chi connectivity index (χ1n) is 12.2. The van der Waals surface area contributed by atoms with Crippen molar-refractivity contribution in [2.45, 2.75) is 35.4 Å². The summed E-state index contributed by atoms with van der Waals surface area (Å²) in [6, 6.07) is 8.11. The van der Waals surface area contributed by atoms with Gasteiger partial charge in [-0.3, -0.25) is 14.4 Å². The van der Waals surface area contributed by atoms with E-state index in [-0.39, 0.29) is 31.3 Å². The van der Waals surface area contributed by atoms with Crippen LogP contribution in [0.25, 0.3) is 0 Å². The van der Waals surface area contributed by atoms with Gasteiger partial charge in [-0.1, -0.05) is 52.5 Å². The molecular weight excluding hydrogens is 725 g/mol. The van der Waals surface area contributed by atoms with Crippen molar-refractivity contribution in [2.75, 3.05) is 5.32 Å². The van der Waals surface area contributed by atoms with E-state index in [2.05, 4.69) is 5.32 Å². The fraction of sp³-hybridized carbons (Fsp3) is 0.250. The van der Waals surface area contributed by atoms with E-state index in [1.807, 2.05) is 0 Å². The summed E-state index contributed by atoms with van der Waals surface area (Å²) in [5.74, 6) is -13.7.